The molecule has 0 saturated heterocycles. The summed E-state index contributed by atoms with van der Waals surface area (Å²) in [5, 5.41) is 2.90. The van der Waals surface area contributed by atoms with Crippen LogP contribution in [0, 0.1) is 11.8 Å². The molecule has 2 fully saturated rings. The van der Waals surface area contributed by atoms with Gasteiger partial charge in [-0.05, 0) is 31.1 Å². The Hall–Kier alpha value is -0.530. The molecule has 2 bridgehead atoms. The number of amides is 1. The number of carbonyl (C=O) groups excluding carboxylic acids is 1. The van der Waals surface area contributed by atoms with Crippen molar-refractivity contribution in [3.05, 3.63) is 0 Å². The normalized spacial score (nSPS) is 43.8. The number of hydrogen-bond donors (Lipinski definition) is 1. The fourth-order valence-corrected chi connectivity index (χ4v) is 2.54. The highest BCUT2D eigenvalue weighted by molar-refractivity contribution is 5.47. The van der Waals surface area contributed by atoms with Gasteiger partial charge in [-0.15, -0.1) is 0 Å². The van der Waals surface area contributed by atoms with E-state index < -0.39 is 0 Å². The predicted octanol–water partition coefficient (Wildman–Crippen LogP) is 0.921. The maximum absolute atomic E-state index is 10.1. The molecule has 0 aromatic rings. The SMILES string of the molecule is O=CN[C@@H]1C[C@@H]2CC[C@H]1C2. The monoisotopic (exact) mass is 139 g/mol. The van der Waals surface area contributed by atoms with Crippen molar-refractivity contribution < 1.29 is 4.79 Å². The molecule has 1 N–H and O–H groups in total. The molecule has 2 nitrogen and oxygen atoms in total. The highest BCUT2D eigenvalue weighted by Crippen LogP contribution is 2.44. The standard InChI is InChI=1S/C8H13NO/c10-5-9-8-4-6-1-2-7(8)3-6/h5-8H,1-4H2,(H,9,10)/t6-,7+,8-/m1/s1. The first-order valence-corrected chi connectivity index (χ1v) is 4.10. The number of nitrogens with one attached hydrogen (secondary N) is 1. The van der Waals surface area contributed by atoms with Gasteiger partial charge in [-0.1, -0.05) is 6.42 Å². The van der Waals surface area contributed by atoms with Crippen LogP contribution in [-0.4, -0.2) is 12.5 Å². The van der Waals surface area contributed by atoms with Crippen LogP contribution in [0.4, 0.5) is 0 Å². The molecule has 10 heavy (non-hydrogen) atoms. The molecule has 0 aromatic heterocycles. The molecule has 2 aliphatic carbocycles. The molecule has 2 aliphatic rings. The van der Waals surface area contributed by atoms with E-state index in [-0.39, 0.29) is 0 Å². The maximum atomic E-state index is 10.1. The van der Waals surface area contributed by atoms with E-state index in [1.807, 2.05) is 0 Å². The summed E-state index contributed by atoms with van der Waals surface area (Å²) in [5.41, 5.74) is 0. The van der Waals surface area contributed by atoms with Gasteiger partial charge in [0.2, 0.25) is 6.41 Å². The summed E-state index contributed by atoms with van der Waals surface area (Å²) in [6.45, 7) is 0. The van der Waals surface area contributed by atoms with Gasteiger partial charge in [-0.2, -0.15) is 0 Å². The predicted molar refractivity (Wildman–Crippen MR) is 38.4 cm³/mol. The van der Waals surface area contributed by atoms with Gasteiger partial charge in [0.15, 0.2) is 0 Å². The fraction of sp³-hybridized carbons (Fsp3) is 0.875. The van der Waals surface area contributed by atoms with Crippen molar-refractivity contribution in [2.75, 3.05) is 0 Å². The lowest BCUT2D eigenvalue weighted by atomic mass is 9.96. The molecule has 56 valence electrons. The maximum Gasteiger partial charge on any atom is 0.207 e. The Morgan fingerprint density at radius 3 is 2.70 bits per heavy atom. The lowest BCUT2D eigenvalue weighted by molar-refractivity contribution is -0.110. The van der Waals surface area contributed by atoms with Crippen molar-refractivity contribution in [3.8, 4) is 0 Å². The summed E-state index contributed by atoms with van der Waals surface area (Å²) >= 11 is 0. The van der Waals surface area contributed by atoms with Crippen LogP contribution in [0.25, 0.3) is 0 Å². The van der Waals surface area contributed by atoms with E-state index in [2.05, 4.69) is 5.32 Å². The number of hydrogen-bond acceptors (Lipinski definition) is 1. The third-order valence-corrected chi connectivity index (χ3v) is 3.02. The molecule has 2 saturated carbocycles. The van der Waals surface area contributed by atoms with E-state index in [1.54, 1.807) is 0 Å². The van der Waals surface area contributed by atoms with Crippen LogP contribution in [0.2, 0.25) is 0 Å². The van der Waals surface area contributed by atoms with Gasteiger partial charge >= 0.3 is 0 Å². The minimum Gasteiger partial charge on any atom is -0.356 e. The average molecular weight is 139 g/mol. The number of carbonyl (C=O) groups is 1. The Kier molecular flexibility index (Phi) is 1.40. The molecular weight excluding hydrogens is 126 g/mol. The molecule has 0 heterocycles. The Morgan fingerprint density at radius 2 is 2.20 bits per heavy atom. The van der Waals surface area contributed by atoms with E-state index in [0.29, 0.717) is 6.04 Å². The largest absolute Gasteiger partial charge is 0.356 e. The van der Waals surface area contributed by atoms with Gasteiger partial charge in [0, 0.05) is 6.04 Å². The zero-order chi connectivity index (χ0) is 6.97. The van der Waals surface area contributed by atoms with E-state index in [4.69, 9.17) is 0 Å². The molecule has 0 radical (unpaired) electrons. The quantitative estimate of drug-likeness (QED) is 0.566. The molecule has 0 spiro atoms. The summed E-state index contributed by atoms with van der Waals surface area (Å²) < 4.78 is 0. The molecule has 1 amide bonds. The van der Waals surface area contributed by atoms with Crippen LogP contribution in [0.5, 0.6) is 0 Å². The highest BCUT2D eigenvalue weighted by atomic mass is 16.1. The Balaban J connectivity index is 1.95. The van der Waals surface area contributed by atoms with Gasteiger partial charge in [0.1, 0.15) is 0 Å². The van der Waals surface area contributed by atoms with E-state index >= 15 is 0 Å². The Morgan fingerprint density at radius 1 is 1.30 bits per heavy atom. The minimum atomic E-state index is 0.524. The van der Waals surface area contributed by atoms with E-state index in [9.17, 15) is 4.79 Å². The zero-order valence-corrected chi connectivity index (χ0v) is 6.05. The number of fused-ring (bicyclic) bond motifs is 2. The van der Waals surface area contributed by atoms with Crippen LogP contribution in [0.3, 0.4) is 0 Å². The van der Waals surface area contributed by atoms with Crippen molar-refractivity contribution in [3.63, 3.8) is 0 Å². The molecule has 0 unspecified atom stereocenters. The zero-order valence-electron chi connectivity index (χ0n) is 6.05. The topological polar surface area (TPSA) is 29.1 Å². The van der Waals surface area contributed by atoms with Crippen molar-refractivity contribution in [1.29, 1.82) is 0 Å². The summed E-state index contributed by atoms with van der Waals surface area (Å²) in [6, 6.07) is 0.524. The van der Waals surface area contributed by atoms with Crippen molar-refractivity contribution >= 4 is 6.41 Å². The van der Waals surface area contributed by atoms with Crippen LogP contribution in [-0.2, 0) is 4.79 Å². The van der Waals surface area contributed by atoms with Crippen LogP contribution in [0.1, 0.15) is 25.7 Å². The van der Waals surface area contributed by atoms with E-state index in [0.717, 1.165) is 18.2 Å². The average Bonchev–Trinajstić information content (AvgIpc) is 2.48. The molecule has 0 aliphatic heterocycles. The van der Waals surface area contributed by atoms with Gasteiger partial charge in [-0.3, -0.25) is 4.79 Å². The molecule has 2 rings (SSSR count). The third-order valence-electron chi connectivity index (χ3n) is 3.02. The first-order valence-electron chi connectivity index (χ1n) is 4.10. The lowest BCUT2D eigenvalue weighted by Crippen LogP contribution is -2.32. The number of rotatable bonds is 2. The molecular formula is C8H13NO. The van der Waals surface area contributed by atoms with Gasteiger partial charge < -0.3 is 5.32 Å². The lowest BCUT2D eigenvalue weighted by Gasteiger charge is -2.20. The summed E-state index contributed by atoms with van der Waals surface area (Å²) in [5.74, 6) is 1.75. The van der Waals surface area contributed by atoms with Crippen LogP contribution in [0.15, 0.2) is 0 Å². The van der Waals surface area contributed by atoms with Crippen molar-refractivity contribution in [2.45, 2.75) is 31.7 Å². The van der Waals surface area contributed by atoms with Crippen molar-refractivity contribution in [2.24, 2.45) is 11.8 Å². The second-order valence-corrected chi connectivity index (χ2v) is 3.57. The summed E-state index contributed by atoms with van der Waals surface area (Å²) in [7, 11) is 0. The smallest absolute Gasteiger partial charge is 0.207 e. The first kappa shape index (κ1) is 6.20. The minimum absolute atomic E-state index is 0.524. The van der Waals surface area contributed by atoms with E-state index in [1.165, 1.54) is 25.7 Å². The second-order valence-electron chi connectivity index (χ2n) is 3.57. The Bertz CT molecular complexity index is 146. The third kappa shape index (κ3) is 0.825. The summed E-state index contributed by atoms with van der Waals surface area (Å²) in [6.07, 6.45) is 6.21. The fourth-order valence-electron chi connectivity index (χ4n) is 2.54. The van der Waals surface area contributed by atoms with Gasteiger partial charge in [-0.25, -0.2) is 0 Å². The molecule has 0 aromatic carbocycles. The first-order chi connectivity index (χ1) is 4.90. The van der Waals surface area contributed by atoms with Crippen LogP contribution >= 0.6 is 0 Å². The molecule has 2 heteroatoms. The van der Waals surface area contributed by atoms with Gasteiger partial charge in [0.25, 0.3) is 0 Å². The summed E-state index contributed by atoms with van der Waals surface area (Å²) in [4.78, 5) is 10.1. The van der Waals surface area contributed by atoms with Gasteiger partial charge in [0.05, 0.1) is 0 Å². The van der Waals surface area contributed by atoms with Crippen LogP contribution < -0.4 is 5.32 Å². The highest BCUT2D eigenvalue weighted by Gasteiger charge is 2.38. The molecule has 3 atom stereocenters. The Labute approximate surface area is 61.0 Å². The second kappa shape index (κ2) is 2.26. The van der Waals surface area contributed by atoms with Crippen molar-refractivity contribution in [1.82, 2.24) is 5.32 Å².